The predicted octanol–water partition coefficient (Wildman–Crippen LogP) is 2.35. The van der Waals surface area contributed by atoms with Gasteiger partial charge >= 0.3 is 0 Å². The highest BCUT2D eigenvalue weighted by atomic mass is 16.5. The van der Waals surface area contributed by atoms with Crippen LogP contribution in [0, 0.1) is 22.7 Å². The second-order valence-corrected chi connectivity index (χ2v) is 4.79. The first-order valence-corrected chi connectivity index (χ1v) is 4.52. The lowest BCUT2D eigenvalue weighted by Gasteiger charge is -2.32. The fourth-order valence-electron chi connectivity index (χ4n) is 1.17. The Morgan fingerprint density at radius 1 is 1.42 bits per heavy atom. The smallest absolute Gasteiger partial charge is 0.0657 e. The topological polar surface area (TPSA) is 33.0 Å². The van der Waals surface area contributed by atoms with Crippen molar-refractivity contribution in [2.24, 2.45) is 11.3 Å². The van der Waals surface area contributed by atoms with Crippen LogP contribution in [0.1, 0.15) is 33.6 Å². The molecule has 1 saturated carbocycles. The minimum Gasteiger partial charge on any atom is -0.378 e. The Kier molecular flexibility index (Phi) is 2.74. The van der Waals surface area contributed by atoms with Crippen molar-refractivity contribution in [3.05, 3.63) is 0 Å². The molecule has 0 atom stereocenters. The molecule has 0 aliphatic heterocycles. The maximum atomic E-state index is 8.53. The molecule has 1 aliphatic rings. The fourth-order valence-corrected chi connectivity index (χ4v) is 1.17. The zero-order chi connectivity index (χ0) is 9.19. The molecule has 0 spiro atoms. The van der Waals surface area contributed by atoms with Crippen molar-refractivity contribution in [3.63, 3.8) is 0 Å². The molecule has 1 fully saturated rings. The van der Waals surface area contributed by atoms with E-state index in [9.17, 15) is 0 Å². The number of nitrogens with zero attached hydrogens (tertiary/aromatic N) is 1. The molecule has 1 rings (SSSR count). The van der Waals surface area contributed by atoms with E-state index in [1.165, 1.54) is 0 Å². The number of ether oxygens (including phenoxy) is 1. The maximum absolute atomic E-state index is 8.53. The van der Waals surface area contributed by atoms with E-state index in [2.05, 4.69) is 26.8 Å². The highest BCUT2D eigenvalue weighted by Crippen LogP contribution is 2.30. The third-order valence-electron chi connectivity index (χ3n) is 2.03. The number of nitriles is 1. The summed E-state index contributed by atoms with van der Waals surface area (Å²) in [4.78, 5) is 0. The molecule has 0 saturated heterocycles. The SMILES string of the molecule is CC(C)(C)CO[C@H]1C[C@H](C#N)C1. The number of rotatable bonds is 2. The Bertz CT molecular complexity index is 181. The van der Waals surface area contributed by atoms with E-state index in [1.807, 2.05) is 0 Å². The average Bonchev–Trinajstić information content (AvgIpc) is 1.82. The van der Waals surface area contributed by atoms with Gasteiger partial charge < -0.3 is 4.74 Å². The number of hydrogen-bond donors (Lipinski definition) is 0. The van der Waals surface area contributed by atoms with Crippen molar-refractivity contribution in [1.29, 1.82) is 5.26 Å². The van der Waals surface area contributed by atoms with Crippen LogP contribution in [0.5, 0.6) is 0 Å². The van der Waals surface area contributed by atoms with Gasteiger partial charge in [0.2, 0.25) is 0 Å². The molecule has 12 heavy (non-hydrogen) atoms. The van der Waals surface area contributed by atoms with Crippen LogP contribution >= 0.6 is 0 Å². The fraction of sp³-hybridized carbons (Fsp3) is 0.900. The summed E-state index contributed by atoms with van der Waals surface area (Å²) in [6, 6.07) is 2.25. The highest BCUT2D eigenvalue weighted by molar-refractivity contribution is 4.94. The zero-order valence-corrected chi connectivity index (χ0v) is 8.13. The second-order valence-electron chi connectivity index (χ2n) is 4.79. The third kappa shape index (κ3) is 2.83. The van der Waals surface area contributed by atoms with Gasteiger partial charge in [0.1, 0.15) is 0 Å². The lowest BCUT2D eigenvalue weighted by molar-refractivity contribution is -0.0458. The van der Waals surface area contributed by atoms with Gasteiger partial charge in [-0.3, -0.25) is 0 Å². The summed E-state index contributed by atoms with van der Waals surface area (Å²) in [5.41, 5.74) is 0.248. The van der Waals surface area contributed by atoms with Crippen LogP contribution in [-0.2, 0) is 4.74 Å². The van der Waals surface area contributed by atoms with Crippen LogP contribution in [0.4, 0.5) is 0 Å². The van der Waals surface area contributed by atoms with Crippen molar-refractivity contribution in [2.45, 2.75) is 39.7 Å². The lowest BCUT2D eigenvalue weighted by Crippen LogP contribution is -2.33. The molecule has 0 unspecified atom stereocenters. The van der Waals surface area contributed by atoms with Gasteiger partial charge in [-0.25, -0.2) is 0 Å². The van der Waals surface area contributed by atoms with Gasteiger partial charge in [-0.2, -0.15) is 5.26 Å². The average molecular weight is 167 g/mol. The molecule has 0 radical (unpaired) electrons. The first kappa shape index (κ1) is 9.54. The van der Waals surface area contributed by atoms with Crippen molar-refractivity contribution in [2.75, 3.05) is 6.61 Å². The van der Waals surface area contributed by atoms with Crippen molar-refractivity contribution >= 4 is 0 Å². The standard InChI is InChI=1S/C10H17NO/c1-10(2,3)7-12-9-4-8(5-9)6-11/h8-9H,4-5,7H2,1-3H3/t8-,9-. The molecule has 0 bridgehead atoms. The van der Waals surface area contributed by atoms with Crippen LogP contribution in [0.25, 0.3) is 0 Å². The highest BCUT2D eigenvalue weighted by Gasteiger charge is 2.30. The molecule has 1 aliphatic carbocycles. The summed E-state index contributed by atoms with van der Waals surface area (Å²) in [6.07, 6.45) is 2.23. The van der Waals surface area contributed by atoms with E-state index in [-0.39, 0.29) is 11.3 Å². The molecule has 0 N–H and O–H groups in total. The van der Waals surface area contributed by atoms with E-state index in [0.717, 1.165) is 19.4 Å². The summed E-state index contributed by atoms with van der Waals surface area (Å²) in [6.45, 7) is 7.28. The first-order chi connectivity index (χ1) is 5.51. The van der Waals surface area contributed by atoms with Crippen molar-refractivity contribution < 1.29 is 4.74 Å². The molecule has 2 nitrogen and oxygen atoms in total. The van der Waals surface area contributed by atoms with Gasteiger partial charge in [0.05, 0.1) is 24.7 Å². The maximum Gasteiger partial charge on any atom is 0.0657 e. The summed E-state index contributed by atoms with van der Waals surface area (Å²) < 4.78 is 5.62. The predicted molar refractivity (Wildman–Crippen MR) is 47.5 cm³/mol. The van der Waals surface area contributed by atoms with E-state index < -0.39 is 0 Å². The summed E-state index contributed by atoms with van der Waals surface area (Å²) >= 11 is 0. The molecule has 0 aromatic rings. The monoisotopic (exact) mass is 167 g/mol. The van der Waals surface area contributed by atoms with E-state index in [0.29, 0.717) is 6.10 Å². The van der Waals surface area contributed by atoms with Crippen LogP contribution < -0.4 is 0 Å². The summed E-state index contributed by atoms with van der Waals surface area (Å²) in [5.74, 6) is 0.259. The Hall–Kier alpha value is -0.550. The summed E-state index contributed by atoms with van der Waals surface area (Å²) in [7, 11) is 0. The van der Waals surface area contributed by atoms with Crippen molar-refractivity contribution in [3.8, 4) is 6.07 Å². The van der Waals surface area contributed by atoms with Gasteiger partial charge in [0.15, 0.2) is 0 Å². The molecular formula is C10H17NO. The lowest BCUT2D eigenvalue weighted by atomic mass is 9.83. The molecule has 68 valence electrons. The van der Waals surface area contributed by atoms with Crippen LogP contribution in [-0.4, -0.2) is 12.7 Å². The van der Waals surface area contributed by atoms with Crippen molar-refractivity contribution in [1.82, 2.24) is 0 Å². The van der Waals surface area contributed by atoms with E-state index in [1.54, 1.807) is 0 Å². The molecular weight excluding hydrogens is 150 g/mol. The Balaban J connectivity index is 2.09. The van der Waals surface area contributed by atoms with Crippen LogP contribution in [0.3, 0.4) is 0 Å². The summed E-state index contributed by atoms with van der Waals surface area (Å²) in [5, 5.41) is 8.53. The van der Waals surface area contributed by atoms with E-state index in [4.69, 9.17) is 10.00 Å². The Morgan fingerprint density at radius 3 is 2.42 bits per heavy atom. The minimum absolute atomic E-state index is 0.248. The third-order valence-corrected chi connectivity index (χ3v) is 2.03. The minimum atomic E-state index is 0.248. The molecule has 0 amide bonds. The second kappa shape index (κ2) is 3.45. The van der Waals surface area contributed by atoms with Gasteiger partial charge in [0.25, 0.3) is 0 Å². The van der Waals surface area contributed by atoms with E-state index >= 15 is 0 Å². The normalized spacial score (nSPS) is 29.2. The first-order valence-electron chi connectivity index (χ1n) is 4.52. The van der Waals surface area contributed by atoms with Crippen LogP contribution in [0.2, 0.25) is 0 Å². The Labute approximate surface area is 74.5 Å². The molecule has 2 heteroatoms. The van der Waals surface area contributed by atoms with Crippen LogP contribution in [0.15, 0.2) is 0 Å². The van der Waals surface area contributed by atoms with Gasteiger partial charge in [-0.15, -0.1) is 0 Å². The number of hydrogen-bond acceptors (Lipinski definition) is 2. The zero-order valence-electron chi connectivity index (χ0n) is 8.13. The Morgan fingerprint density at radius 2 is 2.00 bits per heavy atom. The quantitative estimate of drug-likeness (QED) is 0.632. The largest absolute Gasteiger partial charge is 0.378 e. The van der Waals surface area contributed by atoms with Gasteiger partial charge in [-0.05, 0) is 18.3 Å². The molecule has 0 aromatic carbocycles. The molecule has 0 heterocycles. The molecule has 0 aromatic heterocycles. The van der Waals surface area contributed by atoms with Gasteiger partial charge in [0, 0.05) is 0 Å². The van der Waals surface area contributed by atoms with Gasteiger partial charge in [-0.1, -0.05) is 20.8 Å².